The second-order valence-corrected chi connectivity index (χ2v) is 1.68. The quantitative estimate of drug-likeness (QED) is 0.514. The molecule has 0 aromatic carbocycles. The van der Waals surface area contributed by atoms with Gasteiger partial charge in [0, 0.05) is 19.7 Å². The summed E-state index contributed by atoms with van der Waals surface area (Å²) in [5.74, 6) is 5.08. The van der Waals surface area contributed by atoms with Gasteiger partial charge in [-0.25, -0.2) is 14.6 Å². The topological polar surface area (TPSA) is 29.3 Å². The first-order valence-electron chi connectivity index (χ1n) is 2.93. The van der Waals surface area contributed by atoms with Crippen molar-refractivity contribution in [3.8, 4) is 0 Å². The largest absolute Gasteiger partial charge is 0.322 e. The van der Waals surface area contributed by atoms with Gasteiger partial charge in [-0.3, -0.25) is 4.39 Å². The van der Waals surface area contributed by atoms with Crippen molar-refractivity contribution in [3.05, 3.63) is 12.3 Å². The van der Waals surface area contributed by atoms with E-state index in [0.717, 1.165) is 0 Å². The number of nitrogens with zero attached hydrogens (tertiary/aromatic N) is 1. The standard InChI is InChI=1S/C5H10F2N2.CH3F/c1-9(8)4-2-3-5(6)7;1-2/h2,4-5H,3,8H2,1H3;1H3/b4-2-;. The number of hydrogen-bond acceptors (Lipinski definition) is 2. The Balaban J connectivity index is 0. The van der Waals surface area contributed by atoms with Crippen LogP contribution in [-0.2, 0) is 0 Å². The van der Waals surface area contributed by atoms with Crippen LogP contribution >= 0.6 is 0 Å². The molecule has 0 radical (unpaired) electrons. The summed E-state index contributed by atoms with van der Waals surface area (Å²) in [6.07, 6.45) is 0.208. The van der Waals surface area contributed by atoms with E-state index < -0.39 is 6.43 Å². The van der Waals surface area contributed by atoms with E-state index in [4.69, 9.17) is 5.84 Å². The highest BCUT2D eigenvalue weighted by Crippen LogP contribution is 1.98. The maximum Gasteiger partial charge on any atom is 0.242 e. The lowest BCUT2D eigenvalue weighted by atomic mass is 10.4. The van der Waals surface area contributed by atoms with Crippen molar-refractivity contribution in [3.63, 3.8) is 0 Å². The molecule has 0 saturated heterocycles. The minimum atomic E-state index is -2.28. The van der Waals surface area contributed by atoms with Crippen molar-refractivity contribution in [1.82, 2.24) is 5.01 Å². The zero-order valence-electron chi connectivity index (χ0n) is 6.60. The highest BCUT2D eigenvalue weighted by molar-refractivity contribution is 4.78. The number of alkyl halides is 3. The number of hydrazine groups is 1. The SMILES string of the molecule is CF.CN(N)/C=C\CC(F)F. The molecule has 0 saturated carbocycles. The molecule has 5 heteroatoms. The molecule has 11 heavy (non-hydrogen) atoms. The predicted molar refractivity (Wildman–Crippen MR) is 38.7 cm³/mol. The molecular weight excluding hydrogens is 157 g/mol. The molecule has 0 amide bonds. The Morgan fingerprint density at radius 2 is 1.91 bits per heavy atom. The van der Waals surface area contributed by atoms with Crippen molar-refractivity contribution in [2.75, 3.05) is 14.2 Å². The Hall–Kier alpha value is -0.710. The highest BCUT2D eigenvalue weighted by atomic mass is 19.3. The van der Waals surface area contributed by atoms with Gasteiger partial charge in [0.25, 0.3) is 0 Å². The van der Waals surface area contributed by atoms with E-state index >= 15 is 0 Å². The number of halogens is 3. The lowest BCUT2D eigenvalue weighted by molar-refractivity contribution is 0.152. The Morgan fingerprint density at radius 1 is 1.45 bits per heavy atom. The third-order valence-electron chi connectivity index (χ3n) is 0.655. The fourth-order valence-electron chi connectivity index (χ4n) is 0.330. The maximum atomic E-state index is 11.4. The van der Waals surface area contributed by atoms with Gasteiger partial charge >= 0.3 is 0 Å². The van der Waals surface area contributed by atoms with Crippen LogP contribution in [0.15, 0.2) is 12.3 Å². The third-order valence-corrected chi connectivity index (χ3v) is 0.655. The Bertz CT molecular complexity index is 93.8. The number of allylic oxidation sites excluding steroid dienone is 1. The van der Waals surface area contributed by atoms with Crippen molar-refractivity contribution in [2.24, 2.45) is 5.84 Å². The molecule has 0 spiro atoms. The van der Waals surface area contributed by atoms with Gasteiger partial charge in [0.1, 0.15) is 0 Å². The van der Waals surface area contributed by atoms with Crippen LogP contribution in [0.4, 0.5) is 13.2 Å². The molecule has 0 aromatic heterocycles. The van der Waals surface area contributed by atoms with Crippen LogP contribution < -0.4 is 5.84 Å². The van der Waals surface area contributed by atoms with Crippen LogP contribution in [0.1, 0.15) is 6.42 Å². The molecule has 0 rings (SSSR count). The van der Waals surface area contributed by atoms with Crippen LogP contribution in [0, 0.1) is 0 Å². The van der Waals surface area contributed by atoms with Crippen molar-refractivity contribution in [2.45, 2.75) is 12.8 Å². The fourth-order valence-corrected chi connectivity index (χ4v) is 0.330. The fraction of sp³-hybridized carbons (Fsp3) is 0.667. The Labute approximate surface area is 64.4 Å². The zero-order chi connectivity index (χ0) is 9.28. The van der Waals surface area contributed by atoms with Gasteiger partial charge in [-0.1, -0.05) is 6.08 Å². The van der Waals surface area contributed by atoms with Gasteiger partial charge in [-0.05, 0) is 0 Å². The van der Waals surface area contributed by atoms with Crippen LogP contribution in [0.2, 0.25) is 0 Å². The predicted octanol–water partition coefficient (Wildman–Crippen LogP) is 1.55. The molecule has 0 bridgehead atoms. The smallest absolute Gasteiger partial charge is 0.242 e. The first kappa shape index (κ1) is 12.9. The molecule has 0 aliphatic heterocycles. The normalized spacial score (nSPS) is 9.73. The van der Waals surface area contributed by atoms with Gasteiger partial charge in [-0.2, -0.15) is 0 Å². The van der Waals surface area contributed by atoms with Gasteiger partial charge in [0.15, 0.2) is 0 Å². The van der Waals surface area contributed by atoms with Crippen LogP contribution in [0.3, 0.4) is 0 Å². The second kappa shape index (κ2) is 9.29. The zero-order valence-corrected chi connectivity index (χ0v) is 6.60. The summed E-state index contributed by atoms with van der Waals surface area (Å²) in [5.41, 5.74) is 0. The summed E-state index contributed by atoms with van der Waals surface area (Å²) in [6.45, 7) is 0. The number of hydrogen-bond donors (Lipinski definition) is 1. The maximum absolute atomic E-state index is 11.4. The molecular formula is C6H13F3N2. The molecule has 0 heterocycles. The molecule has 0 aliphatic carbocycles. The number of nitrogens with two attached hydrogens (primary N) is 1. The van der Waals surface area contributed by atoms with E-state index in [9.17, 15) is 13.2 Å². The molecule has 0 atom stereocenters. The lowest BCUT2D eigenvalue weighted by Gasteiger charge is -2.01. The van der Waals surface area contributed by atoms with Crippen LogP contribution in [0.25, 0.3) is 0 Å². The average molecular weight is 170 g/mol. The Kier molecular flexibility index (Phi) is 10.9. The molecule has 0 unspecified atom stereocenters. The molecule has 68 valence electrons. The van der Waals surface area contributed by atoms with Crippen LogP contribution in [-0.4, -0.2) is 25.7 Å². The van der Waals surface area contributed by atoms with E-state index in [2.05, 4.69) is 0 Å². The summed E-state index contributed by atoms with van der Waals surface area (Å²) >= 11 is 0. The third kappa shape index (κ3) is 17.6. The van der Waals surface area contributed by atoms with Gasteiger partial charge < -0.3 is 5.01 Å². The summed E-state index contributed by atoms with van der Waals surface area (Å²) in [7, 11) is 2.07. The van der Waals surface area contributed by atoms with Gasteiger partial charge in [0.2, 0.25) is 6.43 Å². The average Bonchev–Trinajstić information content (AvgIpc) is 1.90. The van der Waals surface area contributed by atoms with E-state index in [1.54, 1.807) is 7.05 Å². The summed E-state index contributed by atoms with van der Waals surface area (Å²) < 4.78 is 32.2. The second-order valence-electron chi connectivity index (χ2n) is 1.68. The van der Waals surface area contributed by atoms with E-state index in [1.165, 1.54) is 17.3 Å². The summed E-state index contributed by atoms with van der Waals surface area (Å²) in [6, 6.07) is 0. The first-order chi connectivity index (χ1) is 5.13. The summed E-state index contributed by atoms with van der Waals surface area (Å²) in [5, 5.41) is 1.22. The molecule has 0 fully saturated rings. The van der Waals surface area contributed by atoms with E-state index in [-0.39, 0.29) is 6.42 Å². The lowest BCUT2D eigenvalue weighted by Crippen LogP contribution is -2.18. The van der Waals surface area contributed by atoms with Crippen molar-refractivity contribution < 1.29 is 13.2 Å². The van der Waals surface area contributed by atoms with E-state index in [0.29, 0.717) is 7.18 Å². The number of rotatable bonds is 3. The monoisotopic (exact) mass is 170 g/mol. The molecule has 2 nitrogen and oxygen atoms in total. The van der Waals surface area contributed by atoms with Crippen molar-refractivity contribution >= 4 is 0 Å². The highest BCUT2D eigenvalue weighted by Gasteiger charge is 1.95. The minimum Gasteiger partial charge on any atom is -0.322 e. The summed E-state index contributed by atoms with van der Waals surface area (Å²) in [4.78, 5) is 0. The van der Waals surface area contributed by atoms with Crippen molar-refractivity contribution in [1.29, 1.82) is 0 Å². The van der Waals surface area contributed by atoms with Gasteiger partial charge in [0.05, 0.1) is 7.18 Å². The first-order valence-corrected chi connectivity index (χ1v) is 2.93. The van der Waals surface area contributed by atoms with Gasteiger partial charge in [-0.15, -0.1) is 0 Å². The molecule has 0 aromatic rings. The minimum absolute atomic E-state index is 0.235. The Morgan fingerprint density at radius 3 is 2.18 bits per heavy atom. The van der Waals surface area contributed by atoms with Crippen LogP contribution in [0.5, 0.6) is 0 Å². The molecule has 2 N–H and O–H groups in total. The van der Waals surface area contributed by atoms with E-state index in [1.807, 2.05) is 0 Å². The molecule has 0 aliphatic rings.